The highest BCUT2D eigenvalue weighted by molar-refractivity contribution is 5.74. The number of carbonyl (C=O) groups excluding carboxylic acids is 1. The second-order valence-electron chi connectivity index (χ2n) is 3.09. The van der Waals surface area contributed by atoms with Crippen LogP contribution in [0.1, 0.15) is 12.0 Å². The lowest BCUT2D eigenvalue weighted by molar-refractivity contribution is -0.117. The minimum Gasteiger partial charge on any atom is -0.373 e. The zero-order valence-electron chi connectivity index (χ0n) is 8.87. The lowest BCUT2D eigenvalue weighted by atomic mass is 10.3. The first-order chi connectivity index (χ1) is 7.15. The van der Waals surface area contributed by atoms with Crippen LogP contribution in [0.15, 0.2) is 6.33 Å². The summed E-state index contributed by atoms with van der Waals surface area (Å²) in [5, 5.41) is 5.98. The van der Waals surface area contributed by atoms with Crippen LogP contribution < -0.4 is 16.4 Å². The van der Waals surface area contributed by atoms with Crippen molar-refractivity contribution in [3.05, 3.63) is 11.9 Å². The molecule has 0 fully saturated rings. The zero-order valence-corrected chi connectivity index (χ0v) is 8.87. The van der Waals surface area contributed by atoms with Gasteiger partial charge in [-0.2, -0.15) is 0 Å². The van der Waals surface area contributed by atoms with Crippen molar-refractivity contribution in [2.45, 2.75) is 13.3 Å². The summed E-state index contributed by atoms with van der Waals surface area (Å²) in [7, 11) is 1.79. The van der Waals surface area contributed by atoms with Gasteiger partial charge in [0, 0.05) is 25.6 Å². The molecule has 1 amide bonds. The van der Waals surface area contributed by atoms with Gasteiger partial charge in [0.05, 0.1) is 0 Å². The van der Waals surface area contributed by atoms with E-state index in [2.05, 4.69) is 20.6 Å². The average Bonchev–Trinajstić information content (AvgIpc) is 2.20. The van der Waals surface area contributed by atoms with Gasteiger partial charge in [-0.05, 0) is 6.92 Å². The number of carbonyl (C=O) groups is 1. The van der Waals surface area contributed by atoms with Crippen molar-refractivity contribution in [1.82, 2.24) is 9.97 Å². The molecule has 0 saturated heterocycles. The zero-order chi connectivity index (χ0) is 11.3. The number of amides is 1. The summed E-state index contributed by atoms with van der Waals surface area (Å²) < 4.78 is 0. The quantitative estimate of drug-likeness (QED) is 0.640. The van der Waals surface area contributed by atoms with Crippen LogP contribution in [0, 0.1) is 6.92 Å². The fraction of sp³-hybridized carbons (Fsp3) is 0.444. The first-order valence-corrected chi connectivity index (χ1v) is 4.66. The van der Waals surface area contributed by atoms with Crippen molar-refractivity contribution in [2.24, 2.45) is 5.73 Å². The Kier molecular flexibility index (Phi) is 3.84. The second kappa shape index (κ2) is 5.14. The van der Waals surface area contributed by atoms with E-state index in [1.54, 1.807) is 7.05 Å². The highest BCUT2D eigenvalue weighted by atomic mass is 16.1. The Hall–Kier alpha value is -1.85. The fourth-order valence-corrected chi connectivity index (χ4v) is 1.18. The van der Waals surface area contributed by atoms with Crippen LogP contribution in [0.3, 0.4) is 0 Å². The molecule has 0 aliphatic rings. The number of rotatable bonds is 5. The fourth-order valence-electron chi connectivity index (χ4n) is 1.18. The third-order valence-corrected chi connectivity index (χ3v) is 1.98. The largest absolute Gasteiger partial charge is 0.373 e. The van der Waals surface area contributed by atoms with Crippen molar-refractivity contribution < 1.29 is 4.79 Å². The predicted octanol–water partition coefficient (Wildman–Crippen LogP) is 0.114. The van der Waals surface area contributed by atoms with E-state index in [1.807, 2.05) is 6.92 Å². The maximum Gasteiger partial charge on any atom is 0.219 e. The van der Waals surface area contributed by atoms with E-state index in [4.69, 9.17) is 5.73 Å². The van der Waals surface area contributed by atoms with Gasteiger partial charge in [-0.1, -0.05) is 0 Å². The lowest BCUT2D eigenvalue weighted by Gasteiger charge is -2.09. The van der Waals surface area contributed by atoms with Crippen molar-refractivity contribution in [1.29, 1.82) is 0 Å². The molecule has 6 nitrogen and oxygen atoms in total. The number of hydrogen-bond acceptors (Lipinski definition) is 5. The van der Waals surface area contributed by atoms with E-state index >= 15 is 0 Å². The summed E-state index contributed by atoms with van der Waals surface area (Å²) in [6, 6.07) is 0. The Balaban J connectivity index is 2.64. The first kappa shape index (κ1) is 11.2. The van der Waals surface area contributed by atoms with E-state index in [9.17, 15) is 4.79 Å². The van der Waals surface area contributed by atoms with Crippen LogP contribution in [0.25, 0.3) is 0 Å². The molecule has 82 valence electrons. The van der Waals surface area contributed by atoms with Crippen molar-refractivity contribution >= 4 is 17.5 Å². The van der Waals surface area contributed by atoms with Gasteiger partial charge in [-0.25, -0.2) is 9.97 Å². The summed E-state index contributed by atoms with van der Waals surface area (Å²) >= 11 is 0. The molecule has 4 N–H and O–H groups in total. The Bertz CT molecular complexity index is 352. The molecule has 0 unspecified atom stereocenters. The molecule has 0 radical (unpaired) electrons. The third-order valence-electron chi connectivity index (χ3n) is 1.98. The molecule has 1 heterocycles. The molecule has 0 aromatic carbocycles. The van der Waals surface area contributed by atoms with Gasteiger partial charge in [0.15, 0.2) is 0 Å². The summed E-state index contributed by atoms with van der Waals surface area (Å²) in [4.78, 5) is 18.7. The van der Waals surface area contributed by atoms with Gasteiger partial charge in [0.2, 0.25) is 5.91 Å². The highest BCUT2D eigenvalue weighted by Crippen LogP contribution is 2.16. The molecule has 0 saturated carbocycles. The Labute approximate surface area is 88.3 Å². The number of anilines is 2. The van der Waals surface area contributed by atoms with Crippen molar-refractivity contribution in [3.63, 3.8) is 0 Å². The molecule has 15 heavy (non-hydrogen) atoms. The molecule has 1 aromatic heterocycles. The molecule has 1 aromatic rings. The molecule has 6 heteroatoms. The minimum absolute atomic E-state index is 0.290. The summed E-state index contributed by atoms with van der Waals surface area (Å²) in [6.07, 6.45) is 1.75. The van der Waals surface area contributed by atoms with Gasteiger partial charge < -0.3 is 16.4 Å². The summed E-state index contributed by atoms with van der Waals surface area (Å²) in [5.74, 6) is 1.16. The maximum atomic E-state index is 10.5. The van der Waals surface area contributed by atoms with Crippen LogP contribution in [0.5, 0.6) is 0 Å². The molecule has 0 aliphatic carbocycles. The smallest absolute Gasteiger partial charge is 0.219 e. The van der Waals surface area contributed by atoms with Gasteiger partial charge in [-0.15, -0.1) is 0 Å². The summed E-state index contributed by atoms with van der Waals surface area (Å²) in [6.45, 7) is 2.38. The maximum absolute atomic E-state index is 10.5. The Morgan fingerprint density at radius 3 is 2.73 bits per heavy atom. The van der Waals surface area contributed by atoms with Crippen LogP contribution in [-0.4, -0.2) is 29.5 Å². The number of nitrogens with one attached hydrogen (secondary N) is 2. The molecule has 1 rings (SSSR count). The SMILES string of the molecule is CNc1ncnc(NCCC(N)=O)c1C. The molecule has 0 atom stereocenters. The van der Waals surface area contributed by atoms with Crippen LogP contribution in [-0.2, 0) is 4.79 Å². The van der Waals surface area contributed by atoms with Crippen LogP contribution >= 0.6 is 0 Å². The van der Waals surface area contributed by atoms with E-state index < -0.39 is 0 Å². The van der Waals surface area contributed by atoms with Crippen LogP contribution in [0.4, 0.5) is 11.6 Å². The van der Waals surface area contributed by atoms with E-state index in [0.29, 0.717) is 13.0 Å². The Morgan fingerprint density at radius 1 is 1.47 bits per heavy atom. The molecule has 0 spiro atoms. The second-order valence-corrected chi connectivity index (χ2v) is 3.09. The van der Waals surface area contributed by atoms with E-state index in [1.165, 1.54) is 6.33 Å². The van der Waals surface area contributed by atoms with E-state index in [0.717, 1.165) is 17.2 Å². The van der Waals surface area contributed by atoms with E-state index in [-0.39, 0.29) is 5.91 Å². The Morgan fingerprint density at radius 2 is 2.13 bits per heavy atom. The first-order valence-electron chi connectivity index (χ1n) is 4.66. The average molecular weight is 209 g/mol. The number of primary amides is 1. The third kappa shape index (κ3) is 3.08. The van der Waals surface area contributed by atoms with Crippen LogP contribution in [0.2, 0.25) is 0 Å². The molecular weight excluding hydrogens is 194 g/mol. The van der Waals surface area contributed by atoms with Crippen molar-refractivity contribution in [2.75, 3.05) is 24.2 Å². The highest BCUT2D eigenvalue weighted by Gasteiger charge is 2.04. The molecule has 0 bridgehead atoms. The lowest BCUT2D eigenvalue weighted by Crippen LogP contribution is -2.17. The monoisotopic (exact) mass is 209 g/mol. The molecule has 0 aliphatic heterocycles. The van der Waals surface area contributed by atoms with Gasteiger partial charge in [0.1, 0.15) is 18.0 Å². The number of nitrogens with two attached hydrogens (primary N) is 1. The standard InChI is InChI=1S/C9H15N5O/c1-6-8(11-2)13-5-14-9(6)12-4-3-7(10)15/h5H,3-4H2,1-2H3,(H2,10,15)(H2,11,12,13,14). The number of nitrogens with zero attached hydrogens (tertiary/aromatic N) is 2. The molecular formula is C9H15N5O. The van der Waals surface area contributed by atoms with Gasteiger partial charge in [0.25, 0.3) is 0 Å². The predicted molar refractivity (Wildman–Crippen MR) is 58.6 cm³/mol. The van der Waals surface area contributed by atoms with Gasteiger partial charge >= 0.3 is 0 Å². The number of aromatic nitrogens is 2. The van der Waals surface area contributed by atoms with Gasteiger partial charge in [-0.3, -0.25) is 4.79 Å². The topological polar surface area (TPSA) is 92.9 Å². The summed E-state index contributed by atoms with van der Waals surface area (Å²) in [5.41, 5.74) is 5.95. The normalized spacial score (nSPS) is 9.73. The minimum atomic E-state index is -0.331. The number of hydrogen-bond donors (Lipinski definition) is 3. The van der Waals surface area contributed by atoms with Crippen molar-refractivity contribution in [3.8, 4) is 0 Å².